The summed E-state index contributed by atoms with van der Waals surface area (Å²) < 4.78 is 5.90. The fourth-order valence-electron chi connectivity index (χ4n) is 3.56. The van der Waals surface area contributed by atoms with Crippen molar-refractivity contribution in [1.82, 2.24) is 15.1 Å². The number of carbonyl (C=O) groups is 1. The predicted molar refractivity (Wildman–Crippen MR) is 95.4 cm³/mol. The molecule has 0 saturated carbocycles. The summed E-state index contributed by atoms with van der Waals surface area (Å²) in [5.74, 6) is 1.61. The Balaban J connectivity index is 1.31. The number of piperidine rings is 1. The quantitative estimate of drug-likeness (QED) is 0.902. The van der Waals surface area contributed by atoms with Gasteiger partial charge in [0.15, 0.2) is 0 Å². The van der Waals surface area contributed by atoms with Gasteiger partial charge in [-0.15, -0.1) is 0 Å². The molecule has 0 aromatic heterocycles. The Bertz CT molecular complexity index is 557. The van der Waals surface area contributed by atoms with Crippen LogP contribution in [0, 0.1) is 12.8 Å². The lowest BCUT2D eigenvalue weighted by atomic mass is 9.95. The van der Waals surface area contributed by atoms with Gasteiger partial charge in [-0.05, 0) is 63.4 Å². The van der Waals surface area contributed by atoms with E-state index in [9.17, 15) is 4.79 Å². The van der Waals surface area contributed by atoms with Crippen LogP contribution < -0.4 is 10.1 Å². The zero-order chi connectivity index (χ0) is 16.9. The molecule has 1 aromatic rings. The van der Waals surface area contributed by atoms with E-state index in [1.807, 2.05) is 23.1 Å². The number of likely N-dealkylation sites (tertiary alicyclic amines) is 2. The number of rotatable bonds is 5. The molecule has 2 amide bonds. The number of hydrogen-bond donors (Lipinski definition) is 1. The van der Waals surface area contributed by atoms with Crippen LogP contribution in [0.3, 0.4) is 0 Å². The summed E-state index contributed by atoms with van der Waals surface area (Å²) >= 11 is 0. The average Bonchev–Trinajstić information content (AvgIpc) is 2.50. The first-order chi connectivity index (χ1) is 11.6. The largest absolute Gasteiger partial charge is 0.487 e. The second kappa shape index (κ2) is 7.88. The molecule has 2 aliphatic heterocycles. The molecular formula is C19H29N3O2. The molecule has 132 valence electrons. The molecule has 0 bridgehead atoms. The maximum atomic E-state index is 12.1. The Hall–Kier alpha value is -1.75. The summed E-state index contributed by atoms with van der Waals surface area (Å²) in [5.41, 5.74) is 1.19. The van der Waals surface area contributed by atoms with Gasteiger partial charge < -0.3 is 19.9 Å². The number of urea groups is 1. The van der Waals surface area contributed by atoms with Gasteiger partial charge in [0.05, 0.1) is 13.1 Å². The van der Waals surface area contributed by atoms with Gasteiger partial charge in [0.1, 0.15) is 11.9 Å². The number of benzene rings is 1. The molecule has 0 radical (unpaired) electrons. The third-order valence-electron chi connectivity index (χ3n) is 4.98. The monoisotopic (exact) mass is 331 g/mol. The molecule has 1 aromatic carbocycles. The Morgan fingerprint density at radius 3 is 2.92 bits per heavy atom. The van der Waals surface area contributed by atoms with Crippen LogP contribution in [0.1, 0.15) is 24.8 Å². The topological polar surface area (TPSA) is 44.8 Å². The lowest BCUT2D eigenvalue weighted by Gasteiger charge is -2.39. The van der Waals surface area contributed by atoms with Crippen LogP contribution in [0.2, 0.25) is 0 Å². The van der Waals surface area contributed by atoms with Gasteiger partial charge in [0.2, 0.25) is 0 Å². The van der Waals surface area contributed by atoms with E-state index < -0.39 is 0 Å². The van der Waals surface area contributed by atoms with Gasteiger partial charge in [0.25, 0.3) is 0 Å². The molecular weight excluding hydrogens is 302 g/mol. The number of amides is 2. The van der Waals surface area contributed by atoms with Gasteiger partial charge in [-0.3, -0.25) is 0 Å². The van der Waals surface area contributed by atoms with Crippen molar-refractivity contribution in [3.63, 3.8) is 0 Å². The number of carbonyl (C=O) groups excluding carboxylic acids is 1. The maximum absolute atomic E-state index is 12.1. The van der Waals surface area contributed by atoms with Crippen LogP contribution in [-0.4, -0.2) is 61.7 Å². The summed E-state index contributed by atoms with van der Waals surface area (Å²) in [7, 11) is 2.18. The van der Waals surface area contributed by atoms with Crippen molar-refractivity contribution < 1.29 is 9.53 Å². The first-order valence-corrected chi connectivity index (χ1v) is 9.05. The van der Waals surface area contributed by atoms with Crippen LogP contribution in [0.5, 0.6) is 5.75 Å². The van der Waals surface area contributed by atoms with E-state index in [2.05, 4.69) is 30.3 Å². The normalized spacial score (nSPS) is 22.1. The number of aryl methyl sites for hydroxylation is 1. The van der Waals surface area contributed by atoms with Crippen molar-refractivity contribution in [3.8, 4) is 5.75 Å². The minimum Gasteiger partial charge on any atom is -0.487 e. The highest BCUT2D eigenvalue weighted by molar-refractivity contribution is 5.75. The van der Waals surface area contributed by atoms with Crippen molar-refractivity contribution >= 4 is 6.03 Å². The zero-order valence-corrected chi connectivity index (χ0v) is 14.8. The summed E-state index contributed by atoms with van der Waals surface area (Å²) in [6.45, 7) is 6.54. The molecule has 1 N–H and O–H groups in total. The number of nitrogens with zero attached hydrogens (tertiary/aromatic N) is 2. The van der Waals surface area contributed by atoms with Crippen molar-refractivity contribution in [1.29, 1.82) is 0 Å². The highest BCUT2D eigenvalue weighted by Gasteiger charge is 2.32. The Labute approximate surface area is 145 Å². The lowest BCUT2D eigenvalue weighted by Crippen LogP contribution is -2.59. The Morgan fingerprint density at radius 1 is 1.33 bits per heavy atom. The van der Waals surface area contributed by atoms with Crippen LogP contribution in [0.15, 0.2) is 24.3 Å². The molecule has 5 heteroatoms. The summed E-state index contributed by atoms with van der Waals surface area (Å²) in [6.07, 6.45) is 3.76. The number of nitrogens with one attached hydrogen (secondary N) is 1. The number of ether oxygens (including phenoxy) is 1. The average molecular weight is 331 g/mol. The summed E-state index contributed by atoms with van der Waals surface area (Å²) in [6, 6.07) is 8.10. The van der Waals surface area contributed by atoms with Crippen LogP contribution >= 0.6 is 0 Å². The molecule has 2 saturated heterocycles. The van der Waals surface area contributed by atoms with E-state index in [0.717, 1.165) is 31.2 Å². The van der Waals surface area contributed by atoms with Gasteiger partial charge in [-0.1, -0.05) is 12.1 Å². The maximum Gasteiger partial charge on any atom is 0.317 e. The van der Waals surface area contributed by atoms with Crippen molar-refractivity contribution in [2.24, 2.45) is 5.92 Å². The predicted octanol–water partition coefficient (Wildman–Crippen LogP) is 2.50. The van der Waals surface area contributed by atoms with E-state index in [0.29, 0.717) is 13.1 Å². The first-order valence-electron chi connectivity index (χ1n) is 9.05. The van der Waals surface area contributed by atoms with Gasteiger partial charge in [-0.2, -0.15) is 0 Å². The van der Waals surface area contributed by atoms with E-state index in [1.54, 1.807) is 0 Å². The molecule has 2 heterocycles. The van der Waals surface area contributed by atoms with Crippen molar-refractivity contribution in [2.75, 3.05) is 39.8 Å². The lowest BCUT2D eigenvalue weighted by molar-refractivity contribution is 0.0442. The van der Waals surface area contributed by atoms with E-state index in [-0.39, 0.29) is 12.1 Å². The van der Waals surface area contributed by atoms with E-state index in [4.69, 9.17) is 4.74 Å². The Kier molecular flexibility index (Phi) is 5.61. The van der Waals surface area contributed by atoms with Crippen LogP contribution in [0.25, 0.3) is 0 Å². The molecule has 24 heavy (non-hydrogen) atoms. The fourth-order valence-corrected chi connectivity index (χ4v) is 3.56. The highest BCUT2D eigenvalue weighted by atomic mass is 16.5. The smallest absolute Gasteiger partial charge is 0.317 e. The zero-order valence-electron chi connectivity index (χ0n) is 14.8. The number of hydrogen-bond acceptors (Lipinski definition) is 3. The third-order valence-corrected chi connectivity index (χ3v) is 4.98. The van der Waals surface area contributed by atoms with Crippen molar-refractivity contribution in [3.05, 3.63) is 29.8 Å². The molecule has 0 spiro atoms. The highest BCUT2D eigenvalue weighted by Crippen LogP contribution is 2.20. The summed E-state index contributed by atoms with van der Waals surface area (Å²) in [5, 5.41) is 3.05. The van der Waals surface area contributed by atoms with Crippen molar-refractivity contribution in [2.45, 2.75) is 32.3 Å². The Morgan fingerprint density at radius 2 is 2.17 bits per heavy atom. The van der Waals surface area contributed by atoms with E-state index >= 15 is 0 Å². The first kappa shape index (κ1) is 17.1. The third kappa shape index (κ3) is 4.63. The molecule has 2 aliphatic rings. The minimum atomic E-state index is 0.0447. The molecule has 1 atom stereocenters. The van der Waals surface area contributed by atoms with Gasteiger partial charge in [-0.25, -0.2) is 4.79 Å². The molecule has 2 fully saturated rings. The molecule has 3 rings (SSSR count). The van der Waals surface area contributed by atoms with Gasteiger partial charge in [0, 0.05) is 13.1 Å². The molecule has 0 aliphatic carbocycles. The summed E-state index contributed by atoms with van der Waals surface area (Å²) in [4.78, 5) is 16.3. The molecule has 0 unspecified atom stereocenters. The van der Waals surface area contributed by atoms with E-state index in [1.165, 1.54) is 24.9 Å². The molecule has 5 nitrogen and oxygen atoms in total. The van der Waals surface area contributed by atoms with Gasteiger partial charge >= 0.3 is 6.03 Å². The fraction of sp³-hybridized carbons (Fsp3) is 0.632. The van der Waals surface area contributed by atoms with Crippen LogP contribution in [0.4, 0.5) is 4.79 Å². The second-order valence-corrected chi connectivity index (χ2v) is 7.25. The minimum absolute atomic E-state index is 0.0447. The van der Waals surface area contributed by atoms with Crippen LogP contribution in [-0.2, 0) is 0 Å². The standard InChI is InChI=1S/C19H29N3O2/c1-15-5-3-7-17(11-15)24-18-13-22(14-18)19(23)20-9-8-16-6-4-10-21(2)12-16/h3,5,7,11,16,18H,4,6,8-10,12-14H2,1-2H3,(H,20,23)/t16-/m1/s1. The second-order valence-electron chi connectivity index (χ2n) is 7.25. The SMILES string of the molecule is Cc1cccc(OC2CN(C(=O)NCC[C@H]3CCCN(C)C3)C2)c1.